The average molecular weight is 382 g/mol. The summed E-state index contributed by atoms with van der Waals surface area (Å²) in [6.45, 7) is 4.41. The molecule has 1 rings (SSSR count). The average Bonchev–Trinajstić information content (AvgIpc) is 3.03. The van der Waals surface area contributed by atoms with Gasteiger partial charge in [-0.15, -0.1) is 0 Å². The van der Waals surface area contributed by atoms with E-state index in [-0.39, 0.29) is 65.7 Å². The molecule has 0 fully saturated rings. The van der Waals surface area contributed by atoms with Crippen molar-refractivity contribution >= 4 is 75.9 Å². The van der Waals surface area contributed by atoms with Gasteiger partial charge in [-0.05, 0) is 6.42 Å². The maximum absolute atomic E-state index is 10.1. The van der Waals surface area contributed by atoms with Crippen molar-refractivity contribution in [3.05, 3.63) is 0 Å². The Kier molecular flexibility index (Phi) is 28.4. The van der Waals surface area contributed by atoms with E-state index in [2.05, 4.69) is 21.4 Å². The van der Waals surface area contributed by atoms with Crippen molar-refractivity contribution in [1.82, 2.24) is 0 Å². The van der Waals surface area contributed by atoms with Crippen LogP contribution in [0, 0.1) is 0 Å². The van der Waals surface area contributed by atoms with Crippen molar-refractivity contribution in [3.63, 3.8) is 0 Å². The molecule has 0 saturated carbocycles. The molecule has 134 valence electrons. The second-order valence-corrected chi connectivity index (χ2v) is 6.54. The minimum atomic E-state index is -4.48. The summed E-state index contributed by atoms with van der Waals surface area (Å²) in [5.41, 5.74) is 0. The zero-order valence-corrected chi connectivity index (χ0v) is 20.7. The number of rotatable bonds is 12. The van der Waals surface area contributed by atoms with Crippen LogP contribution in [0.15, 0.2) is 4.99 Å². The summed E-state index contributed by atoms with van der Waals surface area (Å²) in [4.78, 5) is 3.90. The summed E-state index contributed by atoms with van der Waals surface area (Å²) in [6.07, 6.45) is 13.6. The first-order valence-electron chi connectivity index (χ1n) is 8.48. The maximum Gasteiger partial charge on any atom is 0.217 e. The predicted octanol–water partition coefficient (Wildman–Crippen LogP) is 1.21. The quantitative estimate of drug-likeness (QED) is 0.238. The zero-order valence-electron chi connectivity index (χ0n) is 15.8. The largest absolute Gasteiger partial charge is 0.726 e. The predicted molar refractivity (Wildman–Crippen MR) is 99.2 cm³/mol. The summed E-state index contributed by atoms with van der Waals surface area (Å²) >= 11 is 0. The molecule has 0 unspecified atom stereocenters. The number of nitrogens with two attached hydrogens (primary N) is 1. The van der Waals surface area contributed by atoms with Crippen molar-refractivity contribution in [2.75, 3.05) is 19.7 Å². The van der Waals surface area contributed by atoms with Crippen LogP contribution in [0.4, 0.5) is 0 Å². The van der Waals surface area contributed by atoms with Crippen molar-refractivity contribution < 1.29 is 22.5 Å². The first kappa shape index (κ1) is 30.2. The Morgan fingerprint density at radius 1 is 1.00 bits per heavy atom. The second kappa shape index (κ2) is 22.5. The summed E-state index contributed by atoms with van der Waals surface area (Å²) < 4.78 is 34.5. The standard InChI is InChI=1S/C12H26O4S.C3H6N2.2Na/c1-2-3-4-5-6-7-8-9-10-11-12-16-17(13,14)15;1-2-5-3-4-1;;/h2-12H2,1H3,(H,13,14,15);3H,1-2H2,(H,4,5);;. The molecule has 0 aliphatic carbocycles. The number of hydrogen-bond donors (Lipinski definition) is 1. The minimum absolute atomic E-state index is 0. The topological polar surface area (TPSA) is 95.4 Å². The van der Waals surface area contributed by atoms with Gasteiger partial charge in [0.25, 0.3) is 0 Å². The third kappa shape index (κ3) is 28.3. The van der Waals surface area contributed by atoms with Crippen molar-refractivity contribution in [1.29, 1.82) is 0 Å². The molecule has 0 aromatic rings. The third-order valence-corrected chi connectivity index (χ3v) is 3.82. The van der Waals surface area contributed by atoms with Crippen LogP contribution in [-0.4, -0.2) is 98.1 Å². The second-order valence-electron chi connectivity index (χ2n) is 5.49. The number of hydrogen-bond acceptors (Lipinski definition) is 5. The summed E-state index contributed by atoms with van der Waals surface area (Å²) in [5, 5.41) is 2.07. The van der Waals surface area contributed by atoms with E-state index in [0.29, 0.717) is 6.42 Å². The number of unbranched alkanes of at least 4 members (excludes halogenated alkanes) is 9. The fraction of sp³-hybridized carbons (Fsp3) is 0.933. The van der Waals surface area contributed by atoms with E-state index >= 15 is 0 Å². The van der Waals surface area contributed by atoms with Crippen LogP contribution < -0.4 is 5.32 Å². The van der Waals surface area contributed by atoms with Gasteiger partial charge in [-0.3, -0.25) is 4.18 Å². The molecule has 6 nitrogen and oxygen atoms in total. The molecule has 9 heteroatoms. The summed E-state index contributed by atoms with van der Waals surface area (Å²) in [6, 6.07) is 0. The fourth-order valence-corrected chi connectivity index (χ4v) is 2.45. The van der Waals surface area contributed by atoms with Gasteiger partial charge in [0, 0.05) is 59.1 Å². The Bertz CT molecular complexity index is 362. The van der Waals surface area contributed by atoms with Gasteiger partial charge in [-0.1, -0.05) is 64.7 Å². The van der Waals surface area contributed by atoms with E-state index < -0.39 is 10.4 Å². The van der Waals surface area contributed by atoms with E-state index in [9.17, 15) is 13.0 Å². The third-order valence-electron chi connectivity index (χ3n) is 3.36. The van der Waals surface area contributed by atoms with Gasteiger partial charge in [0.05, 0.1) is 13.2 Å². The minimum Gasteiger partial charge on any atom is -0.726 e. The molecule has 0 aromatic heterocycles. The van der Waals surface area contributed by atoms with E-state index in [1.54, 1.807) is 0 Å². The van der Waals surface area contributed by atoms with Crippen molar-refractivity contribution in [3.8, 4) is 0 Å². The van der Waals surface area contributed by atoms with E-state index in [1.807, 2.05) is 6.34 Å². The smallest absolute Gasteiger partial charge is 0.217 e. The van der Waals surface area contributed by atoms with Crippen molar-refractivity contribution in [2.45, 2.75) is 71.1 Å². The van der Waals surface area contributed by atoms with Crippen LogP contribution in [0.5, 0.6) is 0 Å². The first-order chi connectivity index (χ1) is 10.6. The zero-order chi connectivity index (χ0) is 16.5. The molecular formula is C15H32N2Na2O4S. The van der Waals surface area contributed by atoms with Gasteiger partial charge in [-0.25, -0.2) is 13.4 Å². The molecule has 24 heavy (non-hydrogen) atoms. The Hall–Kier alpha value is 1.50. The Balaban J connectivity index is -0.000000535. The monoisotopic (exact) mass is 382 g/mol. The normalized spacial score (nSPS) is 12.8. The maximum atomic E-state index is 10.1. The Labute approximate surface area is 192 Å². The van der Waals surface area contributed by atoms with Crippen molar-refractivity contribution in [2.24, 2.45) is 4.99 Å². The first-order valence-corrected chi connectivity index (χ1v) is 9.81. The molecular weight excluding hydrogens is 350 g/mol. The molecule has 2 radical (unpaired) electrons. The molecule has 1 aliphatic heterocycles. The van der Waals surface area contributed by atoms with Gasteiger partial charge < -0.3 is 9.87 Å². The molecule has 0 aromatic carbocycles. The van der Waals surface area contributed by atoms with Gasteiger partial charge in [0.1, 0.15) is 6.54 Å². The van der Waals surface area contributed by atoms with E-state index in [1.165, 1.54) is 44.9 Å². The number of aliphatic imine (C=N–C) groups is 1. The Morgan fingerprint density at radius 3 is 1.83 bits per heavy atom. The number of nitrogens with zero attached hydrogens (tertiary/aromatic N) is 1. The van der Waals surface area contributed by atoms with Crippen LogP contribution in [0.1, 0.15) is 71.1 Å². The van der Waals surface area contributed by atoms with Crippen LogP contribution in [0.2, 0.25) is 0 Å². The van der Waals surface area contributed by atoms with Crippen LogP contribution >= 0.6 is 0 Å². The number of quaternary nitrogens is 1. The Morgan fingerprint density at radius 2 is 1.50 bits per heavy atom. The summed E-state index contributed by atoms with van der Waals surface area (Å²) in [7, 11) is -4.48. The SMILES string of the molecule is C1=NCC[NH2+]1.CCCCCCCCCCCCOS(=O)(=O)[O-].[Na].[Na]. The fourth-order valence-electron chi connectivity index (χ4n) is 2.12. The molecule has 1 aliphatic rings. The molecule has 0 atom stereocenters. The molecule has 1 heterocycles. The molecule has 0 bridgehead atoms. The molecule has 0 amide bonds. The van der Waals surface area contributed by atoms with E-state index in [4.69, 9.17) is 0 Å². The van der Waals surface area contributed by atoms with Crippen LogP contribution in [-0.2, 0) is 14.6 Å². The van der Waals surface area contributed by atoms with Gasteiger partial charge in [0.15, 0.2) is 6.34 Å². The summed E-state index contributed by atoms with van der Waals surface area (Å²) in [5.74, 6) is 0. The van der Waals surface area contributed by atoms with Crippen LogP contribution in [0.3, 0.4) is 0 Å². The molecule has 0 saturated heterocycles. The van der Waals surface area contributed by atoms with Crippen LogP contribution in [0.25, 0.3) is 0 Å². The molecule has 2 N–H and O–H groups in total. The van der Waals surface area contributed by atoms with Gasteiger partial charge >= 0.3 is 0 Å². The van der Waals surface area contributed by atoms with Gasteiger partial charge in [-0.2, -0.15) is 0 Å². The van der Waals surface area contributed by atoms with Gasteiger partial charge in [0.2, 0.25) is 10.4 Å². The van der Waals surface area contributed by atoms with E-state index in [0.717, 1.165) is 25.9 Å². The molecule has 0 spiro atoms.